The molecule has 3 N–H and O–H groups in total. The number of rotatable bonds is 9. The van der Waals surface area contributed by atoms with Crippen LogP contribution < -0.4 is 25.4 Å². The van der Waals surface area contributed by atoms with E-state index in [1.165, 1.54) is 0 Å². The quantitative estimate of drug-likeness (QED) is 0.388. The molecule has 8 heteroatoms. The number of aromatic nitrogens is 1. The van der Waals surface area contributed by atoms with Crippen LogP contribution in [-0.4, -0.2) is 49.1 Å². The molecule has 5 rings (SSSR count). The molecule has 2 aromatic carbocycles. The van der Waals surface area contributed by atoms with Crippen molar-refractivity contribution in [1.29, 1.82) is 0 Å². The lowest BCUT2D eigenvalue weighted by Gasteiger charge is -2.34. The van der Waals surface area contributed by atoms with Crippen molar-refractivity contribution in [1.82, 2.24) is 20.9 Å². The van der Waals surface area contributed by atoms with Gasteiger partial charge in [0.2, 0.25) is 0 Å². The summed E-state index contributed by atoms with van der Waals surface area (Å²) in [5.41, 5.74) is 3.95. The number of carbonyl (C=O) groups excluding carboxylic acids is 2. The zero-order valence-corrected chi connectivity index (χ0v) is 22.7. The van der Waals surface area contributed by atoms with E-state index in [2.05, 4.69) is 16.0 Å². The van der Waals surface area contributed by atoms with Crippen LogP contribution in [0.5, 0.6) is 11.5 Å². The summed E-state index contributed by atoms with van der Waals surface area (Å²) in [6.07, 6.45) is 3.38. The van der Waals surface area contributed by atoms with E-state index in [1.807, 2.05) is 68.4 Å². The largest absolute Gasteiger partial charge is 0.496 e. The van der Waals surface area contributed by atoms with Gasteiger partial charge in [0.15, 0.2) is 0 Å². The molecular formula is C31H36N4O4. The molecule has 39 heavy (non-hydrogen) atoms. The highest BCUT2D eigenvalue weighted by Crippen LogP contribution is 2.41. The van der Waals surface area contributed by atoms with Gasteiger partial charge in [-0.1, -0.05) is 24.3 Å². The van der Waals surface area contributed by atoms with Crippen LogP contribution in [0.1, 0.15) is 63.2 Å². The number of amides is 2. The molecule has 1 saturated carbocycles. The van der Waals surface area contributed by atoms with Gasteiger partial charge in [0.05, 0.1) is 19.3 Å². The van der Waals surface area contributed by atoms with Crippen LogP contribution >= 0.6 is 0 Å². The molecule has 2 heterocycles. The number of pyridine rings is 1. The highest BCUT2D eigenvalue weighted by molar-refractivity contribution is 5.96. The first-order valence-corrected chi connectivity index (χ1v) is 13.6. The van der Waals surface area contributed by atoms with Crippen LogP contribution in [-0.2, 0) is 6.54 Å². The highest BCUT2D eigenvalue weighted by Gasteiger charge is 2.44. The number of ether oxygens (including phenoxy) is 2. The lowest BCUT2D eigenvalue weighted by molar-refractivity contribution is 0.0916. The molecule has 0 radical (unpaired) electrons. The fourth-order valence-electron chi connectivity index (χ4n) is 5.98. The molecule has 2 fully saturated rings. The number of fused-ring (bicyclic) bond motifs is 2. The molecule has 2 aliphatic rings. The molecule has 204 valence electrons. The van der Waals surface area contributed by atoms with Crippen LogP contribution in [0.4, 0.5) is 0 Å². The minimum absolute atomic E-state index is 0.0633. The number of hydrogen-bond donors (Lipinski definition) is 3. The fourth-order valence-corrected chi connectivity index (χ4v) is 5.98. The molecule has 1 saturated heterocycles. The monoisotopic (exact) mass is 528 g/mol. The van der Waals surface area contributed by atoms with Crippen LogP contribution in [0, 0.1) is 12.8 Å². The summed E-state index contributed by atoms with van der Waals surface area (Å²) in [6.45, 7) is 5.70. The Labute approximate surface area is 229 Å². The minimum atomic E-state index is -0.166. The Morgan fingerprint density at radius 1 is 1.03 bits per heavy atom. The lowest BCUT2D eigenvalue weighted by Crippen LogP contribution is -2.44. The number of benzene rings is 2. The van der Waals surface area contributed by atoms with Crippen LogP contribution in [0.3, 0.4) is 0 Å². The first-order valence-electron chi connectivity index (χ1n) is 13.6. The van der Waals surface area contributed by atoms with E-state index in [4.69, 9.17) is 14.5 Å². The van der Waals surface area contributed by atoms with Crippen molar-refractivity contribution in [3.8, 4) is 11.5 Å². The third-order valence-corrected chi connectivity index (χ3v) is 7.90. The smallest absolute Gasteiger partial charge is 0.253 e. The zero-order chi connectivity index (χ0) is 27.4. The predicted octanol–water partition coefficient (Wildman–Crippen LogP) is 3.99. The van der Waals surface area contributed by atoms with Gasteiger partial charge in [-0.05, 0) is 69.5 Å². The number of para-hydroxylation sites is 1. The highest BCUT2D eigenvalue weighted by atomic mass is 16.5. The summed E-state index contributed by atoms with van der Waals surface area (Å²) in [4.78, 5) is 30.5. The fraction of sp³-hybridized carbons (Fsp3) is 0.387. The summed E-state index contributed by atoms with van der Waals surface area (Å²) >= 11 is 0. The number of nitrogens with zero attached hydrogens (tertiary/aromatic N) is 1. The van der Waals surface area contributed by atoms with E-state index in [-0.39, 0.29) is 29.8 Å². The SMILES string of the molecule is CCOc1ccccc1CNC(=O)c1ccc(C2[C@@H]3CN[C@H]2C[C@@H](NC(=O)c2cccc(OC)c2C)C3)nc1. The molecule has 3 aromatic rings. The molecule has 2 amide bonds. The van der Waals surface area contributed by atoms with Gasteiger partial charge >= 0.3 is 0 Å². The molecule has 8 nitrogen and oxygen atoms in total. The summed E-state index contributed by atoms with van der Waals surface area (Å²) in [5.74, 6) is 1.88. The number of hydrogen-bond acceptors (Lipinski definition) is 6. The maximum atomic E-state index is 13.0. The lowest BCUT2D eigenvalue weighted by atomic mass is 9.75. The topological polar surface area (TPSA) is 102 Å². The summed E-state index contributed by atoms with van der Waals surface area (Å²) < 4.78 is 11.0. The van der Waals surface area contributed by atoms with E-state index < -0.39 is 0 Å². The third-order valence-electron chi connectivity index (χ3n) is 7.90. The van der Waals surface area contributed by atoms with Crippen LogP contribution in [0.25, 0.3) is 0 Å². The predicted molar refractivity (Wildman–Crippen MR) is 149 cm³/mol. The summed E-state index contributed by atoms with van der Waals surface area (Å²) in [7, 11) is 1.62. The van der Waals surface area contributed by atoms with Crippen molar-refractivity contribution >= 4 is 11.8 Å². The average molecular weight is 529 g/mol. The van der Waals surface area contributed by atoms with Crippen molar-refractivity contribution in [2.45, 2.75) is 51.2 Å². The van der Waals surface area contributed by atoms with Crippen molar-refractivity contribution < 1.29 is 19.1 Å². The Morgan fingerprint density at radius 3 is 2.59 bits per heavy atom. The van der Waals surface area contributed by atoms with E-state index in [0.717, 1.165) is 42.0 Å². The average Bonchev–Trinajstić information content (AvgIpc) is 3.22. The van der Waals surface area contributed by atoms with E-state index >= 15 is 0 Å². The maximum absolute atomic E-state index is 13.0. The second-order valence-electron chi connectivity index (χ2n) is 10.3. The number of methoxy groups -OCH3 is 1. The van der Waals surface area contributed by atoms with Crippen molar-refractivity contribution in [3.05, 3.63) is 88.7 Å². The Kier molecular flexibility index (Phi) is 8.12. The van der Waals surface area contributed by atoms with Crippen molar-refractivity contribution in [2.24, 2.45) is 5.92 Å². The molecular weight excluding hydrogens is 492 g/mol. The third kappa shape index (κ3) is 5.76. The standard InChI is InChI=1S/C31H36N4O4/c1-4-39-28-10-6-5-8-20(28)16-34-30(36)21-12-13-25(32-17-21)29-22-14-23(15-26(29)33-18-22)35-31(37)24-9-7-11-27(38-3)19(24)2/h5-13,17,22-23,26,29,33H,4,14-16,18H2,1-3H3,(H,34,36)(H,35,37)/t22-,23-,26-,29?/m0/s1. The number of nitrogens with one attached hydrogen (secondary N) is 3. The zero-order valence-electron chi connectivity index (χ0n) is 22.7. The normalized spacial score (nSPS) is 21.7. The first kappa shape index (κ1) is 26.7. The Bertz CT molecular complexity index is 1310. The van der Waals surface area contributed by atoms with E-state index in [0.29, 0.717) is 35.9 Å². The molecule has 1 unspecified atom stereocenters. The van der Waals surface area contributed by atoms with Crippen LogP contribution in [0.15, 0.2) is 60.8 Å². The molecule has 0 spiro atoms. The van der Waals surface area contributed by atoms with E-state index in [1.54, 1.807) is 13.3 Å². The van der Waals surface area contributed by atoms with E-state index in [9.17, 15) is 9.59 Å². The van der Waals surface area contributed by atoms with Gasteiger partial charge in [-0.15, -0.1) is 0 Å². The minimum Gasteiger partial charge on any atom is -0.496 e. The molecule has 1 aromatic heterocycles. The van der Waals surface area contributed by atoms with Crippen LogP contribution in [0.2, 0.25) is 0 Å². The Morgan fingerprint density at radius 2 is 1.85 bits per heavy atom. The number of carbonyl (C=O) groups is 2. The Balaban J connectivity index is 1.19. The first-order chi connectivity index (χ1) is 19.0. The van der Waals surface area contributed by atoms with Gasteiger partial charge in [0.25, 0.3) is 11.8 Å². The van der Waals surface area contributed by atoms with Crippen molar-refractivity contribution in [3.63, 3.8) is 0 Å². The molecule has 1 aliphatic carbocycles. The molecule has 1 aliphatic heterocycles. The second-order valence-corrected chi connectivity index (χ2v) is 10.3. The van der Waals surface area contributed by atoms with Gasteiger partial charge in [-0.25, -0.2) is 0 Å². The summed E-state index contributed by atoms with van der Waals surface area (Å²) in [5, 5.41) is 9.85. The Hall–Kier alpha value is -3.91. The molecule has 2 bridgehead atoms. The van der Waals surface area contributed by atoms with Crippen molar-refractivity contribution in [2.75, 3.05) is 20.3 Å². The van der Waals surface area contributed by atoms with Gasteiger partial charge in [0, 0.05) is 53.1 Å². The van der Waals surface area contributed by atoms with Gasteiger partial charge in [-0.2, -0.15) is 0 Å². The molecule has 4 atom stereocenters. The summed E-state index contributed by atoms with van der Waals surface area (Å²) in [6, 6.07) is 17.4. The van der Waals surface area contributed by atoms with Gasteiger partial charge in [-0.3, -0.25) is 14.6 Å². The van der Waals surface area contributed by atoms with Gasteiger partial charge in [0.1, 0.15) is 11.5 Å². The second kappa shape index (κ2) is 11.9. The van der Waals surface area contributed by atoms with Gasteiger partial charge < -0.3 is 25.4 Å². The maximum Gasteiger partial charge on any atom is 0.253 e.